The van der Waals surface area contributed by atoms with Crippen molar-refractivity contribution in [2.75, 3.05) is 37.9 Å². The Kier molecular flexibility index (Phi) is 4.09. The standard InChI is InChI=1S/C13H20N2O2/c1-16-11-4-5-12(14)13(7-11)15-8-10-3-2-6-17-9-10/h4-5,7,10,15H,2-3,6,8-9,14H2,1H3. The first-order chi connectivity index (χ1) is 8.29. The predicted octanol–water partition coefficient (Wildman–Crippen LogP) is 2.12. The minimum atomic E-state index is 0.578. The van der Waals surface area contributed by atoms with Crippen LogP contribution in [0.1, 0.15) is 12.8 Å². The first-order valence-electron chi connectivity index (χ1n) is 6.04. The second-order valence-corrected chi connectivity index (χ2v) is 4.42. The van der Waals surface area contributed by atoms with E-state index in [9.17, 15) is 0 Å². The first-order valence-corrected chi connectivity index (χ1v) is 6.04. The van der Waals surface area contributed by atoms with Crippen LogP contribution in [0, 0.1) is 5.92 Å². The van der Waals surface area contributed by atoms with Crippen molar-refractivity contribution in [3.8, 4) is 5.75 Å². The zero-order chi connectivity index (χ0) is 12.1. The van der Waals surface area contributed by atoms with Crippen molar-refractivity contribution in [1.82, 2.24) is 0 Å². The fourth-order valence-corrected chi connectivity index (χ4v) is 2.04. The number of ether oxygens (including phenoxy) is 2. The van der Waals surface area contributed by atoms with Gasteiger partial charge in [-0.3, -0.25) is 0 Å². The van der Waals surface area contributed by atoms with Gasteiger partial charge in [-0.2, -0.15) is 0 Å². The molecule has 1 aromatic rings. The molecule has 4 nitrogen and oxygen atoms in total. The summed E-state index contributed by atoms with van der Waals surface area (Å²) in [5, 5.41) is 3.37. The fraction of sp³-hybridized carbons (Fsp3) is 0.538. The quantitative estimate of drug-likeness (QED) is 0.786. The Balaban J connectivity index is 1.92. The summed E-state index contributed by atoms with van der Waals surface area (Å²) in [5.74, 6) is 1.40. The Bertz CT molecular complexity index is 362. The fourth-order valence-electron chi connectivity index (χ4n) is 2.04. The summed E-state index contributed by atoms with van der Waals surface area (Å²) in [6.45, 7) is 2.64. The number of nitrogens with one attached hydrogen (secondary N) is 1. The van der Waals surface area contributed by atoms with Gasteiger partial charge in [-0.05, 0) is 30.9 Å². The van der Waals surface area contributed by atoms with Crippen molar-refractivity contribution in [3.05, 3.63) is 18.2 Å². The van der Waals surface area contributed by atoms with Gasteiger partial charge in [-0.1, -0.05) is 0 Å². The second-order valence-electron chi connectivity index (χ2n) is 4.42. The molecule has 1 atom stereocenters. The smallest absolute Gasteiger partial charge is 0.121 e. The van der Waals surface area contributed by atoms with Crippen LogP contribution in [0.4, 0.5) is 11.4 Å². The SMILES string of the molecule is COc1ccc(N)c(NCC2CCCOC2)c1. The van der Waals surface area contributed by atoms with E-state index < -0.39 is 0 Å². The van der Waals surface area contributed by atoms with Crippen molar-refractivity contribution >= 4 is 11.4 Å². The zero-order valence-corrected chi connectivity index (χ0v) is 10.2. The van der Waals surface area contributed by atoms with E-state index in [2.05, 4.69) is 5.32 Å². The average molecular weight is 236 g/mol. The lowest BCUT2D eigenvalue weighted by atomic mass is 10.0. The van der Waals surface area contributed by atoms with Gasteiger partial charge >= 0.3 is 0 Å². The number of hydrogen-bond acceptors (Lipinski definition) is 4. The minimum Gasteiger partial charge on any atom is -0.497 e. The maximum atomic E-state index is 5.91. The van der Waals surface area contributed by atoms with Gasteiger partial charge in [-0.15, -0.1) is 0 Å². The highest BCUT2D eigenvalue weighted by Gasteiger charge is 2.13. The lowest BCUT2D eigenvalue weighted by molar-refractivity contribution is 0.0595. The molecule has 1 fully saturated rings. The van der Waals surface area contributed by atoms with E-state index in [0.717, 1.165) is 43.3 Å². The summed E-state index contributed by atoms with van der Waals surface area (Å²) >= 11 is 0. The molecule has 0 aromatic heterocycles. The second kappa shape index (κ2) is 5.77. The molecule has 2 rings (SSSR count). The van der Waals surface area contributed by atoms with Crippen molar-refractivity contribution in [1.29, 1.82) is 0 Å². The number of methoxy groups -OCH3 is 1. The Morgan fingerprint density at radius 2 is 2.41 bits per heavy atom. The van der Waals surface area contributed by atoms with E-state index in [0.29, 0.717) is 5.92 Å². The molecule has 1 heterocycles. The average Bonchev–Trinajstić information content (AvgIpc) is 2.39. The number of hydrogen-bond donors (Lipinski definition) is 2. The van der Waals surface area contributed by atoms with E-state index in [4.69, 9.17) is 15.2 Å². The maximum absolute atomic E-state index is 5.91. The Hall–Kier alpha value is -1.42. The van der Waals surface area contributed by atoms with Crippen LogP contribution in [0.15, 0.2) is 18.2 Å². The highest BCUT2D eigenvalue weighted by Crippen LogP contribution is 2.25. The summed E-state index contributed by atoms with van der Waals surface area (Å²) in [5.41, 5.74) is 7.60. The number of rotatable bonds is 4. The summed E-state index contributed by atoms with van der Waals surface area (Å²) in [4.78, 5) is 0. The normalized spacial score (nSPS) is 19.9. The van der Waals surface area contributed by atoms with E-state index >= 15 is 0 Å². The molecule has 0 amide bonds. The van der Waals surface area contributed by atoms with Crippen molar-refractivity contribution in [2.24, 2.45) is 5.92 Å². The molecule has 1 aliphatic heterocycles. The summed E-state index contributed by atoms with van der Waals surface area (Å²) < 4.78 is 10.6. The third-order valence-corrected chi connectivity index (χ3v) is 3.10. The van der Waals surface area contributed by atoms with E-state index in [-0.39, 0.29) is 0 Å². The van der Waals surface area contributed by atoms with Gasteiger partial charge in [-0.25, -0.2) is 0 Å². The van der Waals surface area contributed by atoms with Gasteiger partial charge in [0.05, 0.1) is 25.1 Å². The molecule has 0 bridgehead atoms. The Labute approximate surface area is 102 Å². The van der Waals surface area contributed by atoms with Gasteiger partial charge in [0.1, 0.15) is 5.75 Å². The number of anilines is 2. The minimum absolute atomic E-state index is 0.578. The van der Waals surface area contributed by atoms with E-state index in [1.807, 2.05) is 18.2 Å². The first kappa shape index (κ1) is 12.0. The van der Waals surface area contributed by atoms with Crippen LogP contribution in [0.3, 0.4) is 0 Å². The third kappa shape index (κ3) is 3.27. The number of benzene rings is 1. The number of nitrogen functional groups attached to an aromatic ring is 1. The summed E-state index contributed by atoms with van der Waals surface area (Å²) in [7, 11) is 1.66. The molecule has 1 unspecified atom stereocenters. The highest BCUT2D eigenvalue weighted by molar-refractivity contribution is 5.68. The van der Waals surface area contributed by atoms with Crippen LogP contribution < -0.4 is 15.8 Å². The van der Waals surface area contributed by atoms with Gasteiger partial charge in [0.15, 0.2) is 0 Å². The lowest BCUT2D eigenvalue weighted by Gasteiger charge is -2.23. The van der Waals surface area contributed by atoms with Crippen LogP contribution in [0.25, 0.3) is 0 Å². The van der Waals surface area contributed by atoms with Gasteiger partial charge in [0.25, 0.3) is 0 Å². The summed E-state index contributed by atoms with van der Waals surface area (Å²) in [6, 6.07) is 5.65. The summed E-state index contributed by atoms with van der Waals surface area (Å²) in [6.07, 6.45) is 2.37. The molecule has 0 saturated carbocycles. The molecular weight excluding hydrogens is 216 g/mol. The van der Waals surface area contributed by atoms with Crippen molar-refractivity contribution < 1.29 is 9.47 Å². The topological polar surface area (TPSA) is 56.5 Å². The molecule has 3 N–H and O–H groups in total. The largest absolute Gasteiger partial charge is 0.497 e. The molecule has 1 aliphatic rings. The Morgan fingerprint density at radius 1 is 1.53 bits per heavy atom. The van der Waals surface area contributed by atoms with Crippen molar-refractivity contribution in [2.45, 2.75) is 12.8 Å². The van der Waals surface area contributed by atoms with Crippen LogP contribution in [0.2, 0.25) is 0 Å². The zero-order valence-electron chi connectivity index (χ0n) is 10.2. The lowest BCUT2D eigenvalue weighted by Crippen LogP contribution is -2.24. The molecular formula is C13H20N2O2. The molecule has 1 aromatic carbocycles. The number of nitrogens with two attached hydrogens (primary N) is 1. The maximum Gasteiger partial charge on any atom is 0.121 e. The van der Waals surface area contributed by atoms with Crippen LogP contribution in [-0.2, 0) is 4.74 Å². The predicted molar refractivity (Wildman–Crippen MR) is 69.4 cm³/mol. The molecule has 1 saturated heterocycles. The molecule has 0 spiro atoms. The molecule has 4 heteroatoms. The van der Waals surface area contributed by atoms with E-state index in [1.54, 1.807) is 7.11 Å². The molecule has 0 radical (unpaired) electrons. The molecule has 0 aliphatic carbocycles. The highest BCUT2D eigenvalue weighted by atomic mass is 16.5. The molecule has 94 valence electrons. The van der Waals surface area contributed by atoms with Crippen LogP contribution in [0.5, 0.6) is 5.75 Å². The Morgan fingerprint density at radius 3 is 3.12 bits per heavy atom. The van der Waals surface area contributed by atoms with Crippen molar-refractivity contribution in [3.63, 3.8) is 0 Å². The van der Waals surface area contributed by atoms with Crippen LogP contribution >= 0.6 is 0 Å². The molecule has 17 heavy (non-hydrogen) atoms. The van der Waals surface area contributed by atoms with Crippen LogP contribution in [-0.4, -0.2) is 26.9 Å². The van der Waals surface area contributed by atoms with E-state index in [1.165, 1.54) is 6.42 Å². The van der Waals surface area contributed by atoms with Gasteiger partial charge in [0.2, 0.25) is 0 Å². The van der Waals surface area contributed by atoms with Gasteiger partial charge in [0, 0.05) is 19.2 Å². The third-order valence-electron chi connectivity index (χ3n) is 3.10. The van der Waals surface area contributed by atoms with Gasteiger partial charge < -0.3 is 20.5 Å². The monoisotopic (exact) mass is 236 g/mol.